The molecule has 0 bridgehead atoms. The molecule has 1 aliphatic heterocycles. The monoisotopic (exact) mass is 344 g/mol. The number of halogens is 1. The predicted molar refractivity (Wildman–Crippen MR) is 97.4 cm³/mol. The quantitative estimate of drug-likeness (QED) is 0.903. The number of piperidine rings is 1. The SMILES string of the molecule is CN(C)c1cncc(N2CCC[C@@](CO)(Cc3ccc(F)cc3)C2)n1. The molecule has 2 heterocycles. The molecule has 0 saturated carbocycles. The van der Waals surface area contributed by atoms with Crippen molar-refractivity contribution in [3.8, 4) is 0 Å². The molecule has 1 atom stereocenters. The van der Waals surface area contributed by atoms with Crippen molar-refractivity contribution in [3.05, 3.63) is 48.0 Å². The Hall–Kier alpha value is -2.21. The van der Waals surface area contributed by atoms with E-state index in [9.17, 15) is 9.50 Å². The first-order valence-electron chi connectivity index (χ1n) is 8.61. The van der Waals surface area contributed by atoms with Gasteiger partial charge < -0.3 is 14.9 Å². The molecule has 1 aliphatic rings. The van der Waals surface area contributed by atoms with Gasteiger partial charge in [0.15, 0.2) is 0 Å². The lowest BCUT2D eigenvalue weighted by Crippen LogP contribution is -2.47. The van der Waals surface area contributed by atoms with Crippen LogP contribution in [0.5, 0.6) is 0 Å². The van der Waals surface area contributed by atoms with Gasteiger partial charge in [-0.2, -0.15) is 0 Å². The van der Waals surface area contributed by atoms with E-state index in [-0.39, 0.29) is 17.8 Å². The van der Waals surface area contributed by atoms with Crippen LogP contribution in [0.1, 0.15) is 18.4 Å². The van der Waals surface area contributed by atoms with Crippen molar-refractivity contribution >= 4 is 11.6 Å². The molecule has 6 heteroatoms. The zero-order chi connectivity index (χ0) is 17.9. The smallest absolute Gasteiger partial charge is 0.149 e. The fourth-order valence-corrected chi connectivity index (χ4v) is 3.48. The summed E-state index contributed by atoms with van der Waals surface area (Å²) in [6, 6.07) is 6.57. The van der Waals surface area contributed by atoms with Gasteiger partial charge in [-0.25, -0.2) is 9.37 Å². The van der Waals surface area contributed by atoms with Gasteiger partial charge in [0.25, 0.3) is 0 Å². The summed E-state index contributed by atoms with van der Waals surface area (Å²) < 4.78 is 13.2. The Balaban J connectivity index is 1.80. The second-order valence-electron chi connectivity index (χ2n) is 7.12. The van der Waals surface area contributed by atoms with Gasteiger partial charge in [-0.1, -0.05) is 12.1 Å². The molecule has 0 radical (unpaired) electrons. The zero-order valence-corrected chi connectivity index (χ0v) is 14.8. The minimum absolute atomic E-state index is 0.0989. The number of hydrogen-bond acceptors (Lipinski definition) is 5. The number of nitrogens with zero attached hydrogens (tertiary/aromatic N) is 4. The van der Waals surface area contributed by atoms with E-state index in [0.29, 0.717) is 6.54 Å². The number of aliphatic hydroxyl groups is 1. The van der Waals surface area contributed by atoms with Crippen LogP contribution in [0.4, 0.5) is 16.0 Å². The van der Waals surface area contributed by atoms with Crippen LogP contribution in [0.15, 0.2) is 36.7 Å². The Morgan fingerprint density at radius 1 is 1.24 bits per heavy atom. The van der Waals surface area contributed by atoms with Gasteiger partial charge in [0.1, 0.15) is 17.5 Å². The lowest BCUT2D eigenvalue weighted by atomic mass is 9.76. The van der Waals surface area contributed by atoms with Crippen LogP contribution in [-0.2, 0) is 6.42 Å². The van der Waals surface area contributed by atoms with Crippen LogP contribution in [-0.4, -0.2) is 48.9 Å². The van der Waals surface area contributed by atoms with Crippen LogP contribution >= 0.6 is 0 Å². The Morgan fingerprint density at radius 3 is 2.68 bits per heavy atom. The highest BCUT2D eigenvalue weighted by atomic mass is 19.1. The first-order valence-corrected chi connectivity index (χ1v) is 8.61. The second kappa shape index (κ2) is 7.35. The van der Waals surface area contributed by atoms with Crippen molar-refractivity contribution in [1.29, 1.82) is 0 Å². The largest absolute Gasteiger partial charge is 0.396 e. The third kappa shape index (κ3) is 4.07. The first kappa shape index (κ1) is 17.6. The van der Waals surface area contributed by atoms with Crippen molar-refractivity contribution < 1.29 is 9.50 Å². The van der Waals surface area contributed by atoms with Crippen LogP contribution in [0, 0.1) is 11.2 Å². The average Bonchev–Trinajstić information content (AvgIpc) is 2.64. The zero-order valence-electron chi connectivity index (χ0n) is 14.8. The molecule has 1 N–H and O–H groups in total. The van der Waals surface area contributed by atoms with Crippen molar-refractivity contribution in [1.82, 2.24) is 9.97 Å². The molecule has 1 saturated heterocycles. The summed E-state index contributed by atoms with van der Waals surface area (Å²) in [5.41, 5.74) is 0.803. The number of anilines is 2. The van der Waals surface area contributed by atoms with Crippen LogP contribution in [0.2, 0.25) is 0 Å². The summed E-state index contributed by atoms with van der Waals surface area (Å²) in [6.45, 7) is 1.71. The van der Waals surface area contributed by atoms with Gasteiger partial charge in [0, 0.05) is 32.6 Å². The van der Waals surface area contributed by atoms with Crippen molar-refractivity contribution in [2.24, 2.45) is 5.41 Å². The third-order valence-corrected chi connectivity index (χ3v) is 4.88. The molecular weight excluding hydrogens is 319 g/mol. The number of benzene rings is 1. The molecule has 1 fully saturated rings. The number of aliphatic hydroxyl groups excluding tert-OH is 1. The predicted octanol–water partition coefficient (Wildman–Crippen LogP) is 2.50. The van der Waals surface area contributed by atoms with E-state index in [1.165, 1.54) is 12.1 Å². The van der Waals surface area contributed by atoms with E-state index in [1.54, 1.807) is 24.5 Å². The van der Waals surface area contributed by atoms with Crippen LogP contribution in [0.25, 0.3) is 0 Å². The highest BCUT2D eigenvalue weighted by molar-refractivity contribution is 5.45. The van der Waals surface area contributed by atoms with Crippen LogP contribution in [0.3, 0.4) is 0 Å². The maximum absolute atomic E-state index is 13.2. The number of hydrogen-bond donors (Lipinski definition) is 1. The Morgan fingerprint density at radius 2 is 2.00 bits per heavy atom. The Labute approximate surface area is 148 Å². The van der Waals surface area contributed by atoms with Crippen molar-refractivity contribution in [2.75, 3.05) is 43.6 Å². The summed E-state index contributed by atoms with van der Waals surface area (Å²) in [6.07, 6.45) is 6.17. The van der Waals surface area contributed by atoms with Gasteiger partial charge in [0.05, 0.1) is 19.0 Å². The molecule has 5 nitrogen and oxygen atoms in total. The van der Waals surface area contributed by atoms with Crippen molar-refractivity contribution in [3.63, 3.8) is 0 Å². The van der Waals surface area contributed by atoms with E-state index in [1.807, 2.05) is 19.0 Å². The maximum atomic E-state index is 13.2. The standard InChI is InChI=1S/C19H25FN4O/c1-23(2)17-11-21-12-18(22-17)24-9-3-8-19(13-24,14-25)10-15-4-6-16(20)7-5-15/h4-7,11-12,25H,3,8-10,13-14H2,1-2H3/t19-/m1/s1. The summed E-state index contributed by atoms with van der Waals surface area (Å²) >= 11 is 0. The number of rotatable bonds is 5. The van der Waals surface area contributed by atoms with Gasteiger partial charge in [0.2, 0.25) is 0 Å². The fourth-order valence-electron chi connectivity index (χ4n) is 3.48. The molecule has 0 amide bonds. The Kier molecular flexibility index (Phi) is 5.18. The molecule has 134 valence electrons. The minimum Gasteiger partial charge on any atom is -0.396 e. The minimum atomic E-state index is -0.244. The topological polar surface area (TPSA) is 52.5 Å². The van der Waals surface area contributed by atoms with Gasteiger partial charge in [-0.15, -0.1) is 0 Å². The first-order chi connectivity index (χ1) is 12.0. The summed E-state index contributed by atoms with van der Waals surface area (Å²) in [5, 5.41) is 10.1. The highest BCUT2D eigenvalue weighted by Crippen LogP contribution is 2.35. The average molecular weight is 344 g/mol. The van der Waals surface area contributed by atoms with Crippen LogP contribution < -0.4 is 9.80 Å². The van der Waals surface area contributed by atoms with E-state index < -0.39 is 0 Å². The summed E-state index contributed by atoms with van der Waals surface area (Å²) in [7, 11) is 3.88. The third-order valence-electron chi connectivity index (χ3n) is 4.88. The lowest BCUT2D eigenvalue weighted by molar-refractivity contribution is 0.105. The van der Waals surface area contributed by atoms with E-state index >= 15 is 0 Å². The molecular formula is C19H25FN4O. The van der Waals surface area contributed by atoms with E-state index in [0.717, 1.165) is 43.0 Å². The molecule has 0 unspecified atom stereocenters. The second-order valence-corrected chi connectivity index (χ2v) is 7.12. The summed E-state index contributed by atoms with van der Waals surface area (Å²) in [4.78, 5) is 13.1. The summed E-state index contributed by atoms with van der Waals surface area (Å²) in [5.74, 6) is 1.42. The Bertz CT molecular complexity index is 707. The van der Waals surface area contributed by atoms with E-state index in [4.69, 9.17) is 0 Å². The molecule has 1 aromatic carbocycles. The van der Waals surface area contributed by atoms with Gasteiger partial charge in [-0.05, 0) is 37.0 Å². The maximum Gasteiger partial charge on any atom is 0.149 e. The van der Waals surface area contributed by atoms with Crippen molar-refractivity contribution in [2.45, 2.75) is 19.3 Å². The molecule has 3 rings (SSSR count). The molecule has 2 aromatic rings. The fraction of sp³-hybridized carbons (Fsp3) is 0.474. The molecule has 0 spiro atoms. The number of aromatic nitrogens is 2. The van der Waals surface area contributed by atoms with Gasteiger partial charge in [-0.3, -0.25) is 4.98 Å². The van der Waals surface area contributed by atoms with E-state index in [2.05, 4.69) is 14.9 Å². The van der Waals surface area contributed by atoms with Gasteiger partial charge >= 0.3 is 0 Å². The lowest BCUT2D eigenvalue weighted by Gasteiger charge is -2.42. The highest BCUT2D eigenvalue weighted by Gasteiger charge is 2.35. The molecule has 0 aliphatic carbocycles. The normalized spacial score (nSPS) is 20.6. The molecule has 25 heavy (non-hydrogen) atoms. The molecule has 1 aromatic heterocycles.